The molecule has 16 heavy (non-hydrogen) atoms. The summed E-state index contributed by atoms with van der Waals surface area (Å²) in [6.07, 6.45) is 1.58. The van der Waals surface area contributed by atoms with Crippen LogP contribution in [0.25, 0.3) is 0 Å². The van der Waals surface area contributed by atoms with Crippen molar-refractivity contribution in [1.82, 2.24) is 10.6 Å². The molecule has 5 nitrogen and oxygen atoms in total. The van der Waals surface area contributed by atoms with E-state index in [1.165, 1.54) is 0 Å². The standard InChI is InChI=1S/C11H23N3O2/c1-4-13-11(16)9(3)14-10(15)8(2)6-5-7-12/h8-9H,4-7,12H2,1-3H3,(H,13,16)(H,14,15). The van der Waals surface area contributed by atoms with Crippen LogP contribution in [0, 0.1) is 5.92 Å². The second-order valence-electron chi connectivity index (χ2n) is 3.96. The maximum atomic E-state index is 11.6. The Hall–Kier alpha value is -1.10. The van der Waals surface area contributed by atoms with Gasteiger partial charge in [0.1, 0.15) is 6.04 Å². The van der Waals surface area contributed by atoms with E-state index in [1.807, 2.05) is 13.8 Å². The van der Waals surface area contributed by atoms with Crippen molar-refractivity contribution in [1.29, 1.82) is 0 Å². The molecule has 0 aromatic rings. The molecule has 94 valence electrons. The van der Waals surface area contributed by atoms with Gasteiger partial charge in [-0.1, -0.05) is 6.92 Å². The zero-order valence-corrected chi connectivity index (χ0v) is 10.4. The van der Waals surface area contributed by atoms with Gasteiger partial charge in [-0.15, -0.1) is 0 Å². The van der Waals surface area contributed by atoms with E-state index in [4.69, 9.17) is 5.73 Å². The van der Waals surface area contributed by atoms with Crippen LogP contribution in [0.15, 0.2) is 0 Å². The normalized spacial score (nSPS) is 14.0. The lowest BCUT2D eigenvalue weighted by Gasteiger charge is -2.16. The monoisotopic (exact) mass is 229 g/mol. The quantitative estimate of drug-likeness (QED) is 0.574. The third-order valence-corrected chi connectivity index (χ3v) is 2.39. The van der Waals surface area contributed by atoms with Gasteiger partial charge < -0.3 is 16.4 Å². The van der Waals surface area contributed by atoms with Crippen molar-refractivity contribution in [3.05, 3.63) is 0 Å². The molecule has 0 aliphatic carbocycles. The summed E-state index contributed by atoms with van der Waals surface area (Å²) >= 11 is 0. The predicted molar refractivity (Wildman–Crippen MR) is 63.7 cm³/mol. The number of hydrogen-bond acceptors (Lipinski definition) is 3. The fourth-order valence-corrected chi connectivity index (χ4v) is 1.30. The Kier molecular flexibility index (Phi) is 7.54. The van der Waals surface area contributed by atoms with Gasteiger partial charge in [0.05, 0.1) is 0 Å². The van der Waals surface area contributed by atoms with Crippen LogP contribution in [-0.2, 0) is 9.59 Å². The first-order valence-electron chi connectivity index (χ1n) is 5.81. The molecule has 0 radical (unpaired) electrons. The Morgan fingerprint density at radius 3 is 2.38 bits per heavy atom. The van der Waals surface area contributed by atoms with Crippen LogP contribution in [0.2, 0.25) is 0 Å². The zero-order chi connectivity index (χ0) is 12.6. The minimum Gasteiger partial charge on any atom is -0.355 e. The number of rotatable bonds is 7. The maximum Gasteiger partial charge on any atom is 0.242 e. The second kappa shape index (κ2) is 8.10. The number of carbonyl (C=O) groups excluding carboxylic acids is 2. The molecule has 0 heterocycles. The molecule has 0 aliphatic rings. The van der Waals surface area contributed by atoms with Gasteiger partial charge in [-0.05, 0) is 33.2 Å². The molecule has 4 N–H and O–H groups in total. The molecule has 2 amide bonds. The van der Waals surface area contributed by atoms with Gasteiger partial charge in [0.15, 0.2) is 0 Å². The molecule has 0 bridgehead atoms. The van der Waals surface area contributed by atoms with E-state index in [9.17, 15) is 9.59 Å². The summed E-state index contributed by atoms with van der Waals surface area (Å²) < 4.78 is 0. The summed E-state index contributed by atoms with van der Waals surface area (Å²) in [6.45, 7) is 6.52. The Morgan fingerprint density at radius 1 is 1.25 bits per heavy atom. The number of nitrogens with one attached hydrogen (secondary N) is 2. The highest BCUT2D eigenvalue weighted by molar-refractivity contribution is 5.87. The van der Waals surface area contributed by atoms with Crippen molar-refractivity contribution >= 4 is 11.8 Å². The number of nitrogens with two attached hydrogens (primary N) is 1. The third kappa shape index (κ3) is 5.70. The van der Waals surface area contributed by atoms with Crippen molar-refractivity contribution in [3.63, 3.8) is 0 Å². The molecule has 0 spiro atoms. The molecule has 2 atom stereocenters. The fraction of sp³-hybridized carbons (Fsp3) is 0.818. The molecule has 0 fully saturated rings. The van der Waals surface area contributed by atoms with E-state index in [0.29, 0.717) is 13.1 Å². The zero-order valence-electron chi connectivity index (χ0n) is 10.4. The van der Waals surface area contributed by atoms with E-state index in [1.54, 1.807) is 6.92 Å². The molecule has 0 aromatic heterocycles. The molecule has 0 aliphatic heterocycles. The Labute approximate surface area is 97.2 Å². The summed E-state index contributed by atoms with van der Waals surface area (Å²) in [4.78, 5) is 23.0. The van der Waals surface area contributed by atoms with Crippen molar-refractivity contribution in [2.45, 2.75) is 39.7 Å². The average molecular weight is 229 g/mol. The van der Waals surface area contributed by atoms with E-state index >= 15 is 0 Å². The van der Waals surface area contributed by atoms with E-state index < -0.39 is 6.04 Å². The summed E-state index contributed by atoms with van der Waals surface area (Å²) in [5.41, 5.74) is 5.37. The van der Waals surface area contributed by atoms with Crippen LogP contribution < -0.4 is 16.4 Å². The fourth-order valence-electron chi connectivity index (χ4n) is 1.30. The van der Waals surface area contributed by atoms with Gasteiger partial charge >= 0.3 is 0 Å². The summed E-state index contributed by atoms with van der Waals surface area (Å²) in [5, 5.41) is 5.34. The highest BCUT2D eigenvalue weighted by atomic mass is 16.2. The number of likely N-dealkylation sites (N-methyl/N-ethyl adjacent to an activating group) is 1. The molecular formula is C11H23N3O2. The van der Waals surface area contributed by atoms with Crippen molar-refractivity contribution in [2.75, 3.05) is 13.1 Å². The molecular weight excluding hydrogens is 206 g/mol. The first-order valence-corrected chi connectivity index (χ1v) is 5.81. The lowest BCUT2D eigenvalue weighted by Crippen LogP contribution is -2.46. The Bertz CT molecular complexity index is 231. The van der Waals surface area contributed by atoms with E-state index in [2.05, 4.69) is 10.6 Å². The van der Waals surface area contributed by atoms with Gasteiger partial charge in [0, 0.05) is 12.5 Å². The molecule has 0 rings (SSSR count). The molecule has 0 aromatic carbocycles. The molecule has 0 saturated heterocycles. The topological polar surface area (TPSA) is 84.2 Å². The van der Waals surface area contributed by atoms with Crippen LogP contribution >= 0.6 is 0 Å². The second-order valence-corrected chi connectivity index (χ2v) is 3.96. The average Bonchev–Trinajstić information content (AvgIpc) is 2.25. The third-order valence-electron chi connectivity index (χ3n) is 2.39. The van der Waals surface area contributed by atoms with Gasteiger partial charge in [-0.2, -0.15) is 0 Å². The Balaban J connectivity index is 3.97. The number of amides is 2. The summed E-state index contributed by atoms with van der Waals surface area (Å²) in [5.74, 6) is -0.338. The first kappa shape index (κ1) is 14.9. The van der Waals surface area contributed by atoms with Crippen molar-refractivity contribution in [3.8, 4) is 0 Å². The minimum absolute atomic E-state index is 0.0906. The summed E-state index contributed by atoms with van der Waals surface area (Å²) in [7, 11) is 0. The lowest BCUT2D eigenvalue weighted by atomic mass is 10.0. The van der Waals surface area contributed by atoms with Crippen molar-refractivity contribution in [2.24, 2.45) is 11.7 Å². The van der Waals surface area contributed by atoms with Gasteiger partial charge in [0.25, 0.3) is 0 Å². The van der Waals surface area contributed by atoms with Crippen LogP contribution in [0.3, 0.4) is 0 Å². The minimum atomic E-state index is -0.479. The van der Waals surface area contributed by atoms with Crippen LogP contribution in [-0.4, -0.2) is 30.9 Å². The number of hydrogen-bond donors (Lipinski definition) is 3. The predicted octanol–water partition coefficient (Wildman–Crippen LogP) is 0.00220. The molecule has 0 saturated carbocycles. The smallest absolute Gasteiger partial charge is 0.242 e. The maximum absolute atomic E-state index is 11.6. The van der Waals surface area contributed by atoms with E-state index in [0.717, 1.165) is 12.8 Å². The SMILES string of the molecule is CCNC(=O)C(C)NC(=O)C(C)CCCN. The van der Waals surface area contributed by atoms with Crippen LogP contribution in [0.4, 0.5) is 0 Å². The van der Waals surface area contributed by atoms with Gasteiger partial charge in [0.2, 0.25) is 11.8 Å². The van der Waals surface area contributed by atoms with Gasteiger partial charge in [-0.25, -0.2) is 0 Å². The van der Waals surface area contributed by atoms with Gasteiger partial charge in [-0.3, -0.25) is 9.59 Å². The van der Waals surface area contributed by atoms with Crippen molar-refractivity contribution < 1.29 is 9.59 Å². The first-order chi connectivity index (χ1) is 7.52. The molecule has 5 heteroatoms. The van der Waals surface area contributed by atoms with Crippen LogP contribution in [0.5, 0.6) is 0 Å². The highest BCUT2D eigenvalue weighted by Crippen LogP contribution is 2.04. The van der Waals surface area contributed by atoms with E-state index in [-0.39, 0.29) is 17.7 Å². The summed E-state index contributed by atoms with van der Waals surface area (Å²) in [6, 6.07) is -0.479. The lowest BCUT2D eigenvalue weighted by molar-refractivity contribution is -0.130. The Morgan fingerprint density at radius 2 is 1.88 bits per heavy atom. The number of carbonyl (C=O) groups is 2. The largest absolute Gasteiger partial charge is 0.355 e. The van der Waals surface area contributed by atoms with Crippen LogP contribution in [0.1, 0.15) is 33.6 Å². The highest BCUT2D eigenvalue weighted by Gasteiger charge is 2.18. The molecule has 2 unspecified atom stereocenters.